The average Bonchev–Trinajstić information content (AvgIpc) is 3.08. The number of nitrogens with one attached hydrogen (secondary N) is 1. The van der Waals surface area contributed by atoms with Crippen LogP contribution in [0.2, 0.25) is 0 Å². The molecule has 2 aromatic rings. The largest absolute Gasteiger partial charge is 0.493 e. The van der Waals surface area contributed by atoms with Gasteiger partial charge in [0.2, 0.25) is 0 Å². The number of benzene rings is 1. The van der Waals surface area contributed by atoms with Gasteiger partial charge in [0.1, 0.15) is 12.0 Å². The van der Waals surface area contributed by atoms with Crippen molar-refractivity contribution in [2.45, 2.75) is 12.8 Å². The summed E-state index contributed by atoms with van der Waals surface area (Å²) in [5, 5.41) is 0. The molecule has 1 aliphatic rings. The Morgan fingerprint density at radius 2 is 2.32 bits per heavy atom. The molecule has 1 aliphatic heterocycles. The number of rotatable bonds is 6. The van der Waals surface area contributed by atoms with Gasteiger partial charge in [-0.25, -0.2) is 4.98 Å². The quantitative estimate of drug-likeness (QED) is 0.832. The van der Waals surface area contributed by atoms with Gasteiger partial charge in [0.25, 0.3) is 0 Å². The molecule has 0 amide bonds. The molecule has 0 radical (unpaired) electrons. The van der Waals surface area contributed by atoms with Crippen LogP contribution in [0.4, 0.5) is 0 Å². The predicted molar refractivity (Wildman–Crippen MR) is 84.7 cm³/mol. The fourth-order valence-electron chi connectivity index (χ4n) is 2.98. The van der Waals surface area contributed by atoms with Crippen LogP contribution < -0.4 is 4.74 Å². The summed E-state index contributed by atoms with van der Waals surface area (Å²) < 4.78 is 6.06. The van der Waals surface area contributed by atoms with Gasteiger partial charge in [-0.3, -0.25) is 4.90 Å². The molecule has 1 atom stereocenters. The van der Waals surface area contributed by atoms with E-state index in [4.69, 9.17) is 4.74 Å². The molecule has 0 saturated carbocycles. The molecular formula is C17H21N3O2. The van der Waals surface area contributed by atoms with Gasteiger partial charge in [-0.15, -0.1) is 0 Å². The maximum absolute atomic E-state index is 10.7. The molecule has 3 rings (SSSR count). The summed E-state index contributed by atoms with van der Waals surface area (Å²) in [4.78, 5) is 20.0. The van der Waals surface area contributed by atoms with Crippen LogP contribution in [0.3, 0.4) is 0 Å². The first kappa shape index (κ1) is 14.8. The zero-order chi connectivity index (χ0) is 15.2. The number of aromatic amines is 1. The number of H-pyrrole nitrogens is 1. The van der Waals surface area contributed by atoms with Crippen LogP contribution in [0.25, 0.3) is 11.3 Å². The molecule has 22 heavy (non-hydrogen) atoms. The SMILES string of the molecule is O=CCN1CCCC(COc2ccccc2-c2cnc[nH]2)C1. The van der Waals surface area contributed by atoms with E-state index in [9.17, 15) is 4.79 Å². The van der Waals surface area contributed by atoms with Gasteiger partial charge in [-0.05, 0) is 31.5 Å². The minimum absolute atomic E-state index is 0.475. The molecule has 5 heteroatoms. The summed E-state index contributed by atoms with van der Waals surface area (Å²) >= 11 is 0. The van der Waals surface area contributed by atoms with Crippen molar-refractivity contribution in [3.63, 3.8) is 0 Å². The van der Waals surface area contributed by atoms with Gasteiger partial charge in [-0.2, -0.15) is 0 Å². The van der Waals surface area contributed by atoms with E-state index in [2.05, 4.69) is 14.9 Å². The molecule has 1 unspecified atom stereocenters. The molecule has 1 aromatic carbocycles. The second-order valence-corrected chi connectivity index (χ2v) is 5.71. The molecule has 0 aliphatic carbocycles. The van der Waals surface area contributed by atoms with Crippen LogP contribution >= 0.6 is 0 Å². The average molecular weight is 299 g/mol. The molecule has 1 N–H and O–H groups in total. The summed E-state index contributed by atoms with van der Waals surface area (Å²) in [5.41, 5.74) is 1.99. The summed E-state index contributed by atoms with van der Waals surface area (Å²) in [7, 11) is 0. The Kier molecular flexibility index (Phi) is 4.85. The van der Waals surface area contributed by atoms with Crippen molar-refractivity contribution in [2.24, 2.45) is 5.92 Å². The number of para-hydroxylation sites is 1. The summed E-state index contributed by atoms with van der Waals surface area (Å²) in [6, 6.07) is 7.99. The Morgan fingerprint density at radius 3 is 3.14 bits per heavy atom. The lowest BCUT2D eigenvalue weighted by molar-refractivity contribution is -0.109. The van der Waals surface area contributed by atoms with Gasteiger partial charge in [0, 0.05) is 18.0 Å². The maximum Gasteiger partial charge on any atom is 0.133 e. The number of hydrogen-bond acceptors (Lipinski definition) is 4. The van der Waals surface area contributed by atoms with E-state index in [1.54, 1.807) is 12.5 Å². The van der Waals surface area contributed by atoms with Gasteiger partial charge in [0.15, 0.2) is 0 Å². The van der Waals surface area contributed by atoms with Gasteiger partial charge in [0.05, 0.1) is 31.4 Å². The predicted octanol–water partition coefficient (Wildman–Crippen LogP) is 2.37. The second kappa shape index (κ2) is 7.22. The van der Waals surface area contributed by atoms with Crippen molar-refractivity contribution in [1.82, 2.24) is 14.9 Å². The third-order valence-electron chi connectivity index (χ3n) is 4.09. The number of carbonyl (C=O) groups excluding carboxylic acids is 1. The molecule has 0 spiro atoms. The number of likely N-dealkylation sites (tertiary alicyclic amines) is 1. The highest BCUT2D eigenvalue weighted by Gasteiger charge is 2.20. The number of imidazole rings is 1. The molecule has 1 aromatic heterocycles. The highest BCUT2D eigenvalue weighted by molar-refractivity contribution is 5.66. The van der Waals surface area contributed by atoms with Crippen molar-refractivity contribution >= 4 is 6.29 Å². The fraction of sp³-hybridized carbons (Fsp3) is 0.412. The van der Waals surface area contributed by atoms with Gasteiger partial charge >= 0.3 is 0 Å². The van der Waals surface area contributed by atoms with Crippen LogP contribution in [0.15, 0.2) is 36.8 Å². The number of carbonyl (C=O) groups is 1. The van der Waals surface area contributed by atoms with E-state index in [-0.39, 0.29) is 0 Å². The van der Waals surface area contributed by atoms with Crippen molar-refractivity contribution < 1.29 is 9.53 Å². The Morgan fingerprint density at radius 1 is 1.41 bits per heavy atom. The fourth-order valence-corrected chi connectivity index (χ4v) is 2.98. The van der Waals surface area contributed by atoms with E-state index in [1.165, 1.54) is 0 Å². The zero-order valence-corrected chi connectivity index (χ0v) is 12.6. The molecule has 0 bridgehead atoms. The highest BCUT2D eigenvalue weighted by Crippen LogP contribution is 2.29. The van der Waals surface area contributed by atoms with Crippen molar-refractivity contribution in [2.75, 3.05) is 26.2 Å². The zero-order valence-electron chi connectivity index (χ0n) is 12.6. The lowest BCUT2D eigenvalue weighted by Crippen LogP contribution is -2.38. The Bertz CT molecular complexity index is 598. The number of ether oxygens (including phenoxy) is 1. The van der Waals surface area contributed by atoms with E-state index >= 15 is 0 Å². The number of aromatic nitrogens is 2. The van der Waals surface area contributed by atoms with Crippen LogP contribution in [0.1, 0.15) is 12.8 Å². The second-order valence-electron chi connectivity index (χ2n) is 5.71. The normalized spacial score (nSPS) is 19.0. The van der Waals surface area contributed by atoms with Crippen LogP contribution in [-0.4, -0.2) is 47.4 Å². The summed E-state index contributed by atoms with van der Waals surface area (Å²) in [6.07, 6.45) is 6.74. The molecular weight excluding hydrogens is 278 g/mol. The molecule has 116 valence electrons. The smallest absolute Gasteiger partial charge is 0.133 e. The lowest BCUT2D eigenvalue weighted by Gasteiger charge is -2.31. The minimum atomic E-state index is 0.475. The Balaban J connectivity index is 1.63. The van der Waals surface area contributed by atoms with Crippen molar-refractivity contribution in [3.8, 4) is 17.0 Å². The number of aldehydes is 1. The van der Waals surface area contributed by atoms with Gasteiger partial charge < -0.3 is 14.5 Å². The third-order valence-corrected chi connectivity index (χ3v) is 4.09. The van der Waals surface area contributed by atoms with Crippen molar-refractivity contribution in [3.05, 3.63) is 36.8 Å². The molecule has 1 saturated heterocycles. The molecule has 5 nitrogen and oxygen atoms in total. The number of hydrogen-bond donors (Lipinski definition) is 1. The van der Waals surface area contributed by atoms with E-state index < -0.39 is 0 Å². The number of piperidine rings is 1. The molecule has 1 fully saturated rings. The first-order valence-corrected chi connectivity index (χ1v) is 7.73. The highest BCUT2D eigenvalue weighted by atomic mass is 16.5. The third kappa shape index (κ3) is 3.54. The Hall–Kier alpha value is -2.14. The summed E-state index contributed by atoms with van der Waals surface area (Å²) in [5.74, 6) is 1.35. The maximum atomic E-state index is 10.7. The van der Waals surface area contributed by atoms with E-state index in [0.29, 0.717) is 19.1 Å². The van der Waals surface area contributed by atoms with Gasteiger partial charge in [-0.1, -0.05) is 12.1 Å². The standard InChI is InChI=1S/C17H21N3O2/c21-9-8-20-7-3-4-14(11-20)12-22-17-6-2-1-5-15(17)16-10-18-13-19-16/h1-2,5-6,9-10,13-14H,3-4,7-8,11-12H2,(H,18,19). The first-order valence-electron chi connectivity index (χ1n) is 7.73. The minimum Gasteiger partial charge on any atom is -0.493 e. The van der Waals surface area contributed by atoms with E-state index in [1.807, 2.05) is 24.3 Å². The Labute approximate surface area is 130 Å². The lowest BCUT2D eigenvalue weighted by atomic mass is 9.99. The monoisotopic (exact) mass is 299 g/mol. The summed E-state index contributed by atoms with van der Waals surface area (Å²) in [6.45, 7) is 3.16. The molecule has 2 heterocycles. The van der Waals surface area contributed by atoms with Crippen LogP contribution in [0.5, 0.6) is 5.75 Å². The topological polar surface area (TPSA) is 58.2 Å². The first-order chi connectivity index (χ1) is 10.9. The van der Waals surface area contributed by atoms with Crippen molar-refractivity contribution in [1.29, 1.82) is 0 Å². The number of nitrogens with zero attached hydrogens (tertiary/aromatic N) is 2. The van der Waals surface area contributed by atoms with Crippen LogP contribution in [0, 0.1) is 5.92 Å². The van der Waals surface area contributed by atoms with E-state index in [0.717, 1.165) is 49.2 Å². The van der Waals surface area contributed by atoms with Crippen LogP contribution in [-0.2, 0) is 4.79 Å².